The molecule has 2 aliphatic heterocycles. The van der Waals surface area contributed by atoms with Gasteiger partial charge in [0, 0.05) is 69.4 Å². The summed E-state index contributed by atoms with van der Waals surface area (Å²) < 4.78 is 0. The Bertz CT molecular complexity index is 1480. The number of nitro benzene ring substituents is 1. The first-order chi connectivity index (χ1) is 20.2. The van der Waals surface area contributed by atoms with Crippen molar-refractivity contribution in [2.45, 2.75) is 37.6 Å². The maximum atomic E-state index is 13.7. The predicted molar refractivity (Wildman–Crippen MR) is 166 cm³/mol. The largest absolute Gasteiger partial charge is 0.341 e. The number of nitrogens with one attached hydrogen (secondary N) is 1. The predicted octanol–water partition coefficient (Wildman–Crippen LogP) is 6.18. The smallest absolute Gasteiger partial charge is 0.317 e. The zero-order chi connectivity index (χ0) is 29.8. The molecule has 1 N–H and O–H groups in total. The third-order valence-electron chi connectivity index (χ3n) is 8.47. The van der Waals surface area contributed by atoms with Crippen LogP contribution in [0.5, 0.6) is 0 Å². The monoisotopic (exact) mass is 611 g/mol. The zero-order valence-electron chi connectivity index (χ0n) is 23.6. The molecule has 3 amide bonds. The number of likely N-dealkylation sites (tertiary alicyclic amines) is 1. The van der Waals surface area contributed by atoms with Crippen molar-refractivity contribution < 1.29 is 14.5 Å². The molecular formula is C31H35Cl2N5O4. The van der Waals surface area contributed by atoms with Crippen LogP contribution in [0.1, 0.15) is 47.5 Å². The van der Waals surface area contributed by atoms with E-state index in [2.05, 4.69) is 10.2 Å². The molecule has 2 heterocycles. The topological polar surface area (TPSA) is 99.0 Å². The van der Waals surface area contributed by atoms with Crippen molar-refractivity contribution in [2.24, 2.45) is 0 Å². The van der Waals surface area contributed by atoms with Gasteiger partial charge in [-0.3, -0.25) is 14.9 Å². The highest BCUT2D eigenvalue weighted by molar-refractivity contribution is 6.42. The number of fused-ring (bicyclic) bond motifs is 1. The number of rotatable bonds is 9. The summed E-state index contributed by atoms with van der Waals surface area (Å²) in [4.78, 5) is 42.9. The summed E-state index contributed by atoms with van der Waals surface area (Å²) in [6.07, 6.45) is 3.69. The highest BCUT2D eigenvalue weighted by Gasteiger charge is 2.30. The summed E-state index contributed by atoms with van der Waals surface area (Å²) in [7, 11) is 1.78. The molecule has 1 atom stereocenters. The number of benzene rings is 3. The summed E-state index contributed by atoms with van der Waals surface area (Å²) in [6.45, 7) is 4.72. The van der Waals surface area contributed by atoms with Crippen molar-refractivity contribution in [3.8, 4) is 0 Å². The number of urea groups is 1. The number of hydrogen-bond donors (Lipinski definition) is 1. The lowest BCUT2D eigenvalue weighted by Crippen LogP contribution is -2.54. The Morgan fingerprint density at radius 2 is 1.88 bits per heavy atom. The Labute approximate surface area is 255 Å². The van der Waals surface area contributed by atoms with E-state index in [0.717, 1.165) is 64.0 Å². The van der Waals surface area contributed by atoms with Gasteiger partial charge in [0.1, 0.15) is 0 Å². The van der Waals surface area contributed by atoms with Crippen molar-refractivity contribution in [1.82, 2.24) is 20.0 Å². The van der Waals surface area contributed by atoms with E-state index in [-0.39, 0.29) is 29.6 Å². The number of amides is 3. The molecule has 0 unspecified atom stereocenters. The van der Waals surface area contributed by atoms with Crippen molar-refractivity contribution in [1.29, 1.82) is 0 Å². The van der Waals surface area contributed by atoms with E-state index in [1.807, 2.05) is 17.0 Å². The van der Waals surface area contributed by atoms with Crippen LogP contribution < -0.4 is 5.32 Å². The molecule has 11 heteroatoms. The van der Waals surface area contributed by atoms with Crippen molar-refractivity contribution in [3.05, 3.63) is 85.9 Å². The molecule has 2 saturated heterocycles. The third kappa shape index (κ3) is 6.80. The van der Waals surface area contributed by atoms with Crippen LogP contribution in [0.2, 0.25) is 10.0 Å². The second-order valence-corrected chi connectivity index (χ2v) is 12.0. The van der Waals surface area contributed by atoms with E-state index in [1.54, 1.807) is 42.3 Å². The number of carbonyl (C=O) groups excluding carboxylic acids is 2. The van der Waals surface area contributed by atoms with Gasteiger partial charge in [0.15, 0.2) is 0 Å². The van der Waals surface area contributed by atoms with E-state index >= 15 is 0 Å². The molecule has 2 aliphatic rings. The van der Waals surface area contributed by atoms with E-state index in [1.165, 1.54) is 12.1 Å². The van der Waals surface area contributed by atoms with Gasteiger partial charge in [-0.2, -0.15) is 0 Å². The second-order valence-electron chi connectivity index (χ2n) is 11.2. The van der Waals surface area contributed by atoms with Crippen LogP contribution in [0.15, 0.2) is 54.6 Å². The lowest BCUT2D eigenvalue weighted by Gasteiger charge is -2.40. The Morgan fingerprint density at radius 3 is 2.60 bits per heavy atom. The minimum absolute atomic E-state index is 0.00961. The molecule has 5 rings (SSSR count). The van der Waals surface area contributed by atoms with Crippen LogP contribution in [-0.2, 0) is 0 Å². The van der Waals surface area contributed by atoms with Gasteiger partial charge in [-0.1, -0.05) is 41.4 Å². The van der Waals surface area contributed by atoms with Crippen LogP contribution >= 0.6 is 23.2 Å². The number of nitro groups is 1. The number of carbonyl (C=O) groups is 2. The van der Waals surface area contributed by atoms with Crippen molar-refractivity contribution in [2.75, 3.05) is 46.3 Å². The Balaban J connectivity index is 1.28. The zero-order valence-corrected chi connectivity index (χ0v) is 25.1. The molecule has 0 bridgehead atoms. The molecule has 222 valence electrons. The molecule has 0 spiro atoms. The first kappa shape index (κ1) is 30.1. The van der Waals surface area contributed by atoms with Gasteiger partial charge in [0.2, 0.25) is 0 Å². The molecule has 2 fully saturated rings. The lowest BCUT2D eigenvalue weighted by atomic mass is 9.93. The Kier molecular flexibility index (Phi) is 9.50. The van der Waals surface area contributed by atoms with Crippen molar-refractivity contribution in [3.63, 3.8) is 0 Å². The van der Waals surface area contributed by atoms with E-state index in [9.17, 15) is 19.7 Å². The number of nitrogens with zero attached hydrogens (tertiary/aromatic N) is 4. The fourth-order valence-corrected chi connectivity index (χ4v) is 6.42. The normalized spacial score (nSPS) is 17.2. The Hall–Kier alpha value is -3.40. The summed E-state index contributed by atoms with van der Waals surface area (Å²) >= 11 is 12.6. The number of halogens is 2. The van der Waals surface area contributed by atoms with E-state index in [4.69, 9.17) is 23.2 Å². The molecular weight excluding hydrogens is 577 g/mol. The third-order valence-corrected chi connectivity index (χ3v) is 9.20. The minimum atomic E-state index is -0.436. The van der Waals surface area contributed by atoms with Gasteiger partial charge in [-0.15, -0.1) is 0 Å². The van der Waals surface area contributed by atoms with Crippen LogP contribution in [0.3, 0.4) is 0 Å². The SMILES string of the molecule is CN(C[C@@H](CCN1CCC(N2CCCNC2=O)CC1)c1ccc(Cl)c(Cl)c1)C(=O)c1cccc2cc([N+](=O)[O-])ccc12. The summed E-state index contributed by atoms with van der Waals surface area (Å²) in [6, 6.07) is 15.8. The molecule has 3 aromatic rings. The molecule has 3 aromatic carbocycles. The van der Waals surface area contributed by atoms with E-state index in [0.29, 0.717) is 32.9 Å². The minimum Gasteiger partial charge on any atom is -0.341 e. The average molecular weight is 613 g/mol. The average Bonchev–Trinajstić information content (AvgIpc) is 3.00. The first-order valence-electron chi connectivity index (χ1n) is 14.4. The van der Waals surface area contributed by atoms with Crippen LogP contribution in [0.4, 0.5) is 10.5 Å². The molecule has 0 saturated carbocycles. The maximum absolute atomic E-state index is 13.7. The fourth-order valence-electron chi connectivity index (χ4n) is 6.11. The quantitative estimate of drug-likeness (QED) is 0.230. The molecule has 0 aromatic heterocycles. The van der Waals surface area contributed by atoms with Gasteiger partial charge in [-0.25, -0.2) is 4.79 Å². The van der Waals surface area contributed by atoms with Gasteiger partial charge in [-0.05, 0) is 72.8 Å². The van der Waals surface area contributed by atoms with Crippen LogP contribution in [0.25, 0.3) is 10.8 Å². The summed E-state index contributed by atoms with van der Waals surface area (Å²) in [5, 5.41) is 16.5. The van der Waals surface area contributed by atoms with Gasteiger partial charge in [0.25, 0.3) is 11.6 Å². The number of piperidine rings is 1. The molecule has 0 aliphatic carbocycles. The summed E-state index contributed by atoms with van der Waals surface area (Å²) in [5.41, 5.74) is 1.50. The summed E-state index contributed by atoms with van der Waals surface area (Å²) in [5.74, 6) is -0.143. The second kappa shape index (κ2) is 13.3. The first-order valence-corrected chi connectivity index (χ1v) is 15.1. The molecule has 42 heavy (non-hydrogen) atoms. The highest BCUT2D eigenvalue weighted by Crippen LogP contribution is 2.31. The number of likely N-dealkylation sites (N-methyl/N-ethyl adjacent to an activating group) is 1. The van der Waals surface area contributed by atoms with Gasteiger partial charge in [0.05, 0.1) is 15.0 Å². The maximum Gasteiger partial charge on any atom is 0.317 e. The number of hydrogen-bond acceptors (Lipinski definition) is 5. The van der Waals surface area contributed by atoms with Gasteiger partial charge >= 0.3 is 6.03 Å². The standard InChI is InChI=1S/C31H35Cl2N5O4/c1-35(30(39)27-5-2-4-22-18-25(38(41)42)7-8-26(22)27)20-23(21-6-9-28(32)29(33)19-21)10-15-36-16-11-24(12-17-36)37-14-3-13-34-31(37)40/h2,4-9,18-19,23-24H,3,10-17,20H2,1H3,(H,34,40)/t23-/m1/s1. The highest BCUT2D eigenvalue weighted by atomic mass is 35.5. The lowest BCUT2D eigenvalue weighted by molar-refractivity contribution is -0.384. The Morgan fingerprint density at radius 1 is 1.10 bits per heavy atom. The van der Waals surface area contributed by atoms with E-state index < -0.39 is 4.92 Å². The molecule has 9 nitrogen and oxygen atoms in total. The van der Waals surface area contributed by atoms with Gasteiger partial charge < -0.3 is 20.0 Å². The van der Waals surface area contributed by atoms with Crippen LogP contribution in [0, 0.1) is 10.1 Å². The van der Waals surface area contributed by atoms with Crippen molar-refractivity contribution >= 4 is 51.6 Å². The fraction of sp³-hybridized carbons (Fsp3) is 0.419. The van der Waals surface area contributed by atoms with Crippen LogP contribution in [-0.4, -0.2) is 83.9 Å². The molecule has 0 radical (unpaired) electrons. The number of non-ortho nitro benzene ring substituents is 1.